The summed E-state index contributed by atoms with van der Waals surface area (Å²) in [5.41, 5.74) is 6.01. The molecule has 0 aromatic carbocycles. The number of nitrogens with two attached hydrogens (primary N) is 1. The second-order valence-corrected chi connectivity index (χ2v) is 5.10. The van der Waals surface area contributed by atoms with E-state index in [1.165, 1.54) is 0 Å². The Labute approximate surface area is 111 Å². The summed E-state index contributed by atoms with van der Waals surface area (Å²) < 4.78 is 10.5. The van der Waals surface area contributed by atoms with Crippen LogP contribution in [0.1, 0.15) is 37.5 Å². The van der Waals surface area contributed by atoms with Crippen molar-refractivity contribution in [3.63, 3.8) is 0 Å². The molecule has 2 N–H and O–H groups in total. The Balaban J connectivity index is 2.63. The number of allylic oxidation sites excluding steroid dienone is 1. The molecular weight excluding hydrogens is 244 g/mol. The second-order valence-electron chi connectivity index (χ2n) is 5.10. The van der Waals surface area contributed by atoms with E-state index in [4.69, 9.17) is 14.9 Å². The van der Waals surface area contributed by atoms with E-state index in [-0.39, 0.29) is 11.8 Å². The van der Waals surface area contributed by atoms with Crippen molar-refractivity contribution in [2.75, 3.05) is 0 Å². The molecule has 0 amide bonds. The first-order valence-electron chi connectivity index (χ1n) is 6.16. The molecule has 2 heterocycles. The zero-order valence-corrected chi connectivity index (χ0v) is 11.2. The Morgan fingerprint density at radius 1 is 1.53 bits per heavy atom. The number of rotatable bonds is 2. The van der Waals surface area contributed by atoms with E-state index in [1.807, 2.05) is 19.9 Å². The van der Waals surface area contributed by atoms with Gasteiger partial charge in [0.1, 0.15) is 17.6 Å². The number of hydrogen-bond donors (Lipinski definition) is 1. The number of nitrogens with zero attached hydrogens (tertiary/aromatic N) is 1. The molecule has 100 valence electrons. The van der Waals surface area contributed by atoms with E-state index in [0.717, 1.165) is 0 Å². The van der Waals surface area contributed by atoms with Gasteiger partial charge in [0.25, 0.3) is 0 Å². The minimum atomic E-state index is -0.458. The lowest BCUT2D eigenvalue weighted by atomic mass is 9.84. The summed E-state index contributed by atoms with van der Waals surface area (Å²) in [6.07, 6.45) is 0.647. The summed E-state index contributed by atoms with van der Waals surface area (Å²) in [6, 6.07) is 3.67. The van der Waals surface area contributed by atoms with Crippen molar-refractivity contribution in [1.29, 1.82) is 5.26 Å². The van der Waals surface area contributed by atoms with Gasteiger partial charge in [-0.1, -0.05) is 13.8 Å². The molecule has 0 unspecified atom stereocenters. The van der Waals surface area contributed by atoms with Crippen molar-refractivity contribution in [2.45, 2.75) is 33.1 Å². The normalized spacial score (nSPS) is 17.9. The maximum atomic E-state index is 12.0. The second kappa shape index (κ2) is 4.81. The highest BCUT2D eigenvalue weighted by Crippen LogP contribution is 2.39. The Bertz CT molecular complexity index is 635. The molecule has 1 aromatic rings. The van der Waals surface area contributed by atoms with Crippen molar-refractivity contribution < 1.29 is 9.15 Å². The molecule has 0 saturated heterocycles. The van der Waals surface area contributed by atoms with Crippen molar-refractivity contribution >= 4 is 0 Å². The Kier molecular flexibility index (Phi) is 3.34. The molecule has 0 radical (unpaired) electrons. The third kappa shape index (κ3) is 2.34. The van der Waals surface area contributed by atoms with E-state index in [9.17, 15) is 10.1 Å². The maximum Gasteiger partial charge on any atom is 0.343 e. The molecule has 1 aliphatic rings. The number of fused-ring (bicyclic) bond motifs is 1. The van der Waals surface area contributed by atoms with Crippen LogP contribution in [0.2, 0.25) is 0 Å². The molecule has 1 aliphatic heterocycles. The summed E-state index contributed by atoms with van der Waals surface area (Å²) in [4.78, 5) is 12.0. The van der Waals surface area contributed by atoms with Gasteiger partial charge in [-0.15, -0.1) is 0 Å². The quantitative estimate of drug-likeness (QED) is 0.880. The smallest absolute Gasteiger partial charge is 0.343 e. The van der Waals surface area contributed by atoms with Gasteiger partial charge in [-0.05, 0) is 19.3 Å². The van der Waals surface area contributed by atoms with Crippen LogP contribution in [0.25, 0.3) is 0 Å². The lowest BCUT2D eigenvalue weighted by Crippen LogP contribution is -2.26. The van der Waals surface area contributed by atoms with E-state index in [2.05, 4.69) is 0 Å². The highest BCUT2D eigenvalue weighted by molar-refractivity contribution is 5.48. The molecule has 19 heavy (non-hydrogen) atoms. The van der Waals surface area contributed by atoms with Crippen LogP contribution in [0.15, 0.2) is 26.7 Å². The Morgan fingerprint density at radius 3 is 2.79 bits per heavy atom. The summed E-state index contributed by atoms with van der Waals surface area (Å²) in [5, 5.41) is 9.22. The van der Waals surface area contributed by atoms with E-state index in [0.29, 0.717) is 35.0 Å². The minimum Gasteiger partial charge on any atom is -0.440 e. The molecule has 1 aromatic heterocycles. The maximum absolute atomic E-state index is 12.0. The lowest BCUT2D eigenvalue weighted by molar-refractivity contribution is 0.355. The fourth-order valence-corrected chi connectivity index (χ4v) is 2.32. The first-order valence-corrected chi connectivity index (χ1v) is 6.16. The van der Waals surface area contributed by atoms with Gasteiger partial charge in [0.15, 0.2) is 0 Å². The molecule has 1 atom stereocenters. The largest absolute Gasteiger partial charge is 0.440 e. The summed E-state index contributed by atoms with van der Waals surface area (Å²) in [6.45, 7) is 5.72. The summed E-state index contributed by atoms with van der Waals surface area (Å²) in [5.74, 6) is 0.889. The third-order valence-corrected chi connectivity index (χ3v) is 3.08. The van der Waals surface area contributed by atoms with E-state index >= 15 is 0 Å². The van der Waals surface area contributed by atoms with Crippen LogP contribution in [0.3, 0.4) is 0 Å². The van der Waals surface area contributed by atoms with Crippen molar-refractivity contribution in [3.05, 3.63) is 39.3 Å². The average Bonchev–Trinajstić information content (AvgIpc) is 2.26. The van der Waals surface area contributed by atoms with Crippen LogP contribution in [-0.4, -0.2) is 0 Å². The molecule has 0 aliphatic carbocycles. The monoisotopic (exact) mass is 260 g/mol. The highest BCUT2D eigenvalue weighted by Gasteiger charge is 2.33. The van der Waals surface area contributed by atoms with Crippen LogP contribution in [0, 0.1) is 24.2 Å². The summed E-state index contributed by atoms with van der Waals surface area (Å²) in [7, 11) is 0. The van der Waals surface area contributed by atoms with Crippen molar-refractivity contribution in [1.82, 2.24) is 0 Å². The lowest BCUT2D eigenvalue weighted by Gasteiger charge is -2.25. The predicted octanol–water partition coefficient (Wildman–Crippen LogP) is 2.16. The van der Waals surface area contributed by atoms with Crippen LogP contribution < -0.4 is 16.1 Å². The first kappa shape index (κ1) is 13.2. The predicted molar refractivity (Wildman–Crippen MR) is 69.4 cm³/mol. The van der Waals surface area contributed by atoms with Gasteiger partial charge in [0, 0.05) is 12.0 Å². The van der Waals surface area contributed by atoms with Crippen molar-refractivity contribution in [3.8, 4) is 11.8 Å². The van der Waals surface area contributed by atoms with E-state index in [1.54, 1.807) is 13.0 Å². The van der Waals surface area contributed by atoms with Gasteiger partial charge in [-0.25, -0.2) is 4.79 Å². The first-order chi connectivity index (χ1) is 8.93. The minimum absolute atomic E-state index is 0.0747. The third-order valence-electron chi connectivity index (χ3n) is 3.08. The number of aryl methyl sites for hydroxylation is 1. The molecule has 5 heteroatoms. The van der Waals surface area contributed by atoms with Gasteiger partial charge in [0.05, 0.1) is 11.1 Å². The standard InChI is InChI=1S/C14H16N2O3/c1-7(2)4-9-10(6-15)13(16)19-11-5-8(3)18-14(17)12(9)11/h5,7,9H,4,16H2,1-3H3/t9-/m1/s1. The molecule has 0 bridgehead atoms. The van der Waals surface area contributed by atoms with Crippen LogP contribution in [0.5, 0.6) is 5.75 Å². The fourth-order valence-electron chi connectivity index (χ4n) is 2.32. The van der Waals surface area contributed by atoms with Gasteiger partial charge >= 0.3 is 5.63 Å². The molecular formula is C14H16N2O3. The van der Waals surface area contributed by atoms with Crippen LogP contribution >= 0.6 is 0 Å². The summed E-state index contributed by atoms with van der Waals surface area (Å²) >= 11 is 0. The highest BCUT2D eigenvalue weighted by atomic mass is 16.5. The molecule has 0 saturated carbocycles. The molecule has 0 fully saturated rings. The van der Waals surface area contributed by atoms with Gasteiger partial charge in [0.2, 0.25) is 5.88 Å². The van der Waals surface area contributed by atoms with Crippen molar-refractivity contribution in [2.24, 2.45) is 11.7 Å². The van der Waals surface area contributed by atoms with Crippen LogP contribution in [0.4, 0.5) is 0 Å². The topological polar surface area (TPSA) is 89.2 Å². The number of ether oxygens (including phenoxy) is 1. The average molecular weight is 260 g/mol. The Morgan fingerprint density at radius 2 is 2.21 bits per heavy atom. The zero-order chi connectivity index (χ0) is 14.2. The SMILES string of the molecule is Cc1cc2c(c(=O)o1)[C@H](CC(C)C)C(C#N)=C(N)O2. The van der Waals surface area contributed by atoms with Gasteiger partial charge in [-0.3, -0.25) is 0 Å². The molecule has 0 spiro atoms. The van der Waals surface area contributed by atoms with Gasteiger partial charge < -0.3 is 14.9 Å². The molecule has 5 nitrogen and oxygen atoms in total. The zero-order valence-electron chi connectivity index (χ0n) is 11.2. The Hall–Kier alpha value is -2.22. The fraction of sp³-hybridized carbons (Fsp3) is 0.429. The van der Waals surface area contributed by atoms with Gasteiger partial charge in [-0.2, -0.15) is 5.26 Å². The number of nitriles is 1. The number of hydrogen-bond acceptors (Lipinski definition) is 5. The molecule has 2 rings (SSSR count). The van der Waals surface area contributed by atoms with E-state index < -0.39 is 5.63 Å². The van der Waals surface area contributed by atoms with Crippen LogP contribution in [-0.2, 0) is 0 Å².